The summed E-state index contributed by atoms with van der Waals surface area (Å²) < 4.78 is 24.7. The molecule has 4 heteroatoms. The van der Waals surface area contributed by atoms with Gasteiger partial charge in [0.25, 0.3) is 0 Å². The molecule has 0 aromatic carbocycles. The Bertz CT molecular complexity index is 341. The number of hydrogen-bond donors (Lipinski definition) is 0. The molecule has 1 aromatic heterocycles. The van der Waals surface area contributed by atoms with Gasteiger partial charge in [-0.05, 0) is 6.07 Å². The Morgan fingerprint density at radius 1 is 1.50 bits per heavy atom. The van der Waals surface area contributed by atoms with Crippen LogP contribution in [-0.2, 0) is 0 Å². The smallest absolute Gasteiger partial charge is 0.224 e. The van der Waals surface area contributed by atoms with Crippen LogP contribution in [0.4, 0.5) is 8.78 Å². The summed E-state index contributed by atoms with van der Waals surface area (Å²) in [4.78, 5) is 3.14. The largest absolute Gasteiger partial charge is 0.248 e. The summed E-state index contributed by atoms with van der Waals surface area (Å²) in [7, 11) is 0. The molecule has 0 fully saturated rings. The van der Waals surface area contributed by atoms with Crippen molar-refractivity contribution in [1.29, 1.82) is 0 Å². The van der Waals surface area contributed by atoms with Crippen molar-refractivity contribution in [3.8, 4) is 11.8 Å². The Balaban J connectivity index is 2.97. The fraction of sp³-hybridized carbons (Fsp3) is 0.125. The molecule has 0 aliphatic carbocycles. The quantitative estimate of drug-likeness (QED) is 0.344. The zero-order valence-corrected chi connectivity index (χ0v) is 6.70. The monoisotopic (exact) mass is 187 g/mol. The van der Waals surface area contributed by atoms with E-state index in [1.165, 1.54) is 0 Å². The molecule has 12 heavy (non-hydrogen) atoms. The van der Waals surface area contributed by atoms with E-state index in [0.29, 0.717) is 5.56 Å². The molecule has 1 nitrogen and oxygen atoms in total. The SMILES string of the molecule is Fc1cc(C#CCCl)cnc1F. The van der Waals surface area contributed by atoms with Gasteiger partial charge in [0.05, 0.1) is 5.88 Å². The second-order valence-electron chi connectivity index (χ2n) is 1.93. The fourth-order valence-electron chi connectivity index (χ4n) is 0.625. The van der Waals surface area contributed by atoms with Gasteiger partial charge in [-0.2, -0.15) is 4.39 Å². The highest BCUT2D eigenvalue weighted by Gasteiger charge is 2.01. The number of aromatic nitrogens is 1. The van der Waals surface area contributed by atoms with Crippen LogP contribution in [0.15, 0.2) is 12.3 Å². The van der Waals surface area contributed by atoms with Crippen molar-refractivity contribution >= 4 is 11.6 Å². The van der Waals surface area contributed by atoms with Crippen molar-refractivity contribution in [2.45, 2.75) is 0 Å². The van der Waals surface area contributed by atoms with E-state index < -0.39 is 11.8 Å². The zero-order valence-electron chi connectivity index (χ0n) is 5.94. The van der Waals surface area contributed by atoms with Gasteiger partial charge in [-0.3, -0.25) is 0 Å². The van der Waals surface area contributed by atoms with Gasteiger partial charge >= 0.3 is 0 Å². The van der Waals surface area contributed by atoms with Crippen LogP contribution in [0.1, 0.15) is 5.56 Å². The predicted octanol–water partition coefficient (Wildman–Crippen LogP) is 1.95. The van der Waals surface area contributed by atoms with E-state index in [1.54, 1.807) is 0 Å². The lowest BCUT2D eigenvalue weighted by atomic mass is 10.3. The molecule has 0 N–H and O–H groups in total. The maximum absolute atomic E-state index is 12.5. The Labute approximate surface area is 73.4 Å². The van der Waals surface area contributed by atoms with Crippen LogP contribution in [0.3, 0.4) is 0 Å². The van der Waals surface area contributed by atoms with Gasteiger partial charge in [-0.1, -0.05) is 11.8 Å². The van der Waals surface area contributed by atoms with Crippen LogP contribution in [-0.4, -0.2) is 10.9 Å². The molecular weight excluding hydrogens is 184 g/mol. The molecule has 1 rings (SSSR count). The molecule has 1 aromatic rings. The van der Waals surface area contributed by atoms with Crippen molar-refractivity contribution in [1.82, 2.24) is 4.98 Å². The maximum atomic E-state index is 12.5. The Kier molecular flexibility index (Phi) is 3.01. The number of pyridine rings is 1. The van der Waals surface area contributed by atoms with Crippen molar-refractivity contribution in [2.75, 3.05) is 5.88 Å². The highest BCUT2D eigenvalue weighted by Crippen LogP contribution is 2.03. The van der Waals surface area contributed by atoms with Crippen molar-refractivity contribution in [2.24, 2.45) is 0 Å². The van der Waals surface area contributed by atoms with Gasteiger partial charge < -0.3 is 0 Å². The van der Waals surface area contributed by atoms with E-state index in [-0.39, 0.29) is 5.88 Å². The molecule has 62 valence electrons. The summed E-state index contributed by atoms with van der Waals surface area (Å²) in [5, 5.41) is 0. The van der Waals surface area contributed by atoms with Gasteiger partial charge in [0.2, 0.25) is 5.95 Å². The average Bonchev–Trinajstić information content (AvgIpc) is 2.07. The predicted molar refractivity (Wildman–Crippen MR) is 41.8 cm³/mol. The second kappa shape index (κ2) is 4.03. The van der Waals surface area contributed by atoms with Gasteiger partial charge in [0.15, 0.2) is 5.82 Å². The lowest BCUT2D eigenvalue weighted by Crippen LogP contribution is -1.89. The molecule has 0 aliphatic rings. The molecular formula is C8H4ClF2N. The molecule has 0 amide bonds. The van der Waals surface area contributed by atoms with Gasteiger partial charge in [0, 0.05) is 11.8 Å². The fourth-order valence-corrected chi connectivity index (χ4v) is 0.692. The molecule has 0 radical (unpaired) electrons. The number of nitrogens with zero attached hydrogens (tertiary/aromatic N) is 1. The molecule has 0 saturated heterocycles. The van der Waals surface area contributed by atoms with Crippen LogP contribution in [0.25, 0.3) is 0 Å². The Morgan fingerprint density at radius 3 is 2.83 bits per heavy atom. The molecule has 0 spiro atoms. The second-order valence-corrected chi connectivity index (χ2v) is 2.20. The molecule has 1 heterocycles. The molecule has 0 aliphatic heterocycles. The van der Waals surface area contributed by atoms with E-state index in [0.717, 1.165) is 12.3 Å². The van der Waals surface area contributed by atoms with Crippen molar-refractivity contribution < 1.29 is 8.78 Å². The van der Waals surface area contributed by atoms with E-state index in [2.05, 4.69) is 16.8 Å². The summed E-state index contributed by atoms with van der Waals surface area (Å²) in [5.74, 6) is 3.04. The lowest BCUT2D eigenvalue weighted by Gasteiger charge is -1.91. The van der Waals surface area contributed by atoms with Crippen LogP contribution in [0, 0.1) is 23.6 Å². The number of rotatable bonds is 0. The van der Waals surface area contributed by atoms with Gasteiger partial charge in [0.1, 0.15) is 0 Å². The standard InChI is InChI=1S/C8H4ClF2N/c9-3-1-2-6-4-7(10)8(11)12-5-6/h4-5H,3H2. The third kappa shape index (κ3) is 2.18. The maximum Gasteiger partial charge on any atom is 0.248 e. The topological polar surface area (TPSA) is 12.9 Å². The van der Waals surface area contributed by atoms with Crippen LogP contribution in [0.5, 0.6) is 0 Å². The van der Waals surface area contributed by atoms with Crippen LogP contribution in [0.2, 0.25) is 0 Å². The van der Waals surface area contributed by atoms with E-state index in [1.807, 2.05) is 0 Å². The first-order valence-electron chi connectivity index (χ1n) is 3.10. The van der Waals surface area contributed by atoms with Gasteiger partial charge in [-0.15, -0.1) is 11.6 Å². The minimum absolute atomic E-state index is 0.152. The van der Waals surface area contributed by atoms with E-state index in [9.17, 15) is 8.78 Å². The molecule has 0 saturated carbocycles. The first kappa shape index (κ1) is 8.95. The molecule has 0 atom stereocenters. The normalized spacial score (nSPS) is 8.92. The van der Waals surface area contributed by atoms with Crippen molar-refractivity contribution in [3.05, 3.63) is 29.6 Å². The minimum Gasteiger partial charge on any atom is -0.224 e. The molecule has 0 unspecified atom stereocenters. The Morgan fingerprint density at radius 2 is 2.25 bits per heavy atom. The summed E-state index contributed by atoms with van der Waals surface area (Å²) in [6.45, 7) is 0. The van der Waals surface area contributed by atoms with Crippen LogP contribution >= 0.6 is 11.6 Å². The third-order valence-electron chi connectivity index (χ3n) is 1.10. The van der Waals surface area contributed by atoms with Crippen molar-refractivity contribution in [3.63, 3.8) is 0 Å². The summed E-state index contributed by atoms with van der Waals surface area (Å²) >= 11 is 5.26. The zero-order chi connectivity index (χ0) is 8.97. The third-order valence-corrected chi connectivity index (χ3v) is 1.23. The minimum atomic E-state index is -1.12. The highest BCUT2D eigenvalue weighted by atomic mass is 35.5. The number of halogens is 3. The first-order chi connectivity index (χ1) is 5.74. The average molecular weight is 188 g/mol. The molecule has 0 bridgehead atoms. The summed E-state index contributed by atoms with van der Waals surface area (Å²) in [5.41, 5.74) is 0.314. The summed E-state index contributed by atoms with van der Waals surface area (Å²) in [6, 6.07) is 0.974. The summed E-state index contributed by atoms with van der Waals surface area (Å²) in [6.07, 6.45) is 1.15. The van der Waals surface area contributed by atoms with E-state index in [4.69, 9.17) is 11.6 Å². The van der Waals surface area contributed by atoms with Crippen LogP contribution < -0.4 is 0 Å². The highest BCUT2D eigenvalue weighted by molar-refractivity contribution is 6.19. The van der Waals surface area contributed by atoms with Gasteiger partial charge in [-0.25, -0.2) is 9.37 Å². The number of alkyl halides is 1. The Hall–Kier alpha value is -1.14. The lowest BCUT2D eigenvalue weighted by molar-refractivity contribution is 0.479. The van der Waals surface area contributed by atoms with E-state index >= 15 is 0 Å². The number of hydrogen-bond acceptors (Lipinski definition) is 1. The first-order valence-corrected chi connectivity index (χ1v) is 3.63.